The Hall–Kier alpha value is -4.91. The molecule has 4 saturated heterocycles. The number of rotatable bonds is 19. The maximum atomic E-state index is 14.4. The van der Waals surface area contributed by atoms with Gasteiger partial charge < -0.3 is 34.4 Å². The average molecular weight is 1260 g/mol. The molecule has 0 aromatic heterocycles. The number of hydrogen-bond donors (Lipinski definition) is 2. The van der Waals surface area contributed by atoms with Crippen LogP contribution in [-0.4, -0.2) is 194 Å². The molecule has 0 saturated carbocycles. The molecule has 0 bridgehead atoms. The molecule has 1 aliphatic carbocycles. The molecule has 85 heavy (non-hydrogen) atoms. The van der Waals surface area contributed by atoms with Crippen LogP contribution in [0.3, 0.4) is 0 Å². The number of thioether (sulfide) groups is 1. The smallest absolute Gasteiger partial charge is 0.444 e. The van der Waals surface area contributed by atoms with Crippen LogP contribution >= 0.6 is 23.4 Å². The highest BCUT2D eigenvalue weighted by atomic mass is 35.5. The summed E-state index contributed by atoms with van der Waals surface area (Å²) in [7, 11) is -11.0. The number of nitrogens with one attached hydrogen (secondary N) is 2. The largest absolute Gasteiger partial charge is 0.501 e. The predicted molar refractivity (Wildman–Crippen MR) is 330 cm³/mol. The molecular formula is C62H82ClF3N8O8S3. The average Bonchev–Trinajstić information content (AvgIpc) is 2.28. The fourth-order valence-corrected chi connectivity index (χ4v) is 15.4. The third-order valence-corrected chi connectivity index (χ3v) is 21.2. The second kappa shape index (κ2) is 28.1. The quantitative estimate of drug-likeness (QED) is 0.0852. The summed E-state index contributed by atoms with van der Waals surface area (Å²) in [6, 6.07) is 26.5. The number of anilines is 2. The summed E-state index contributed by atoms with van der Waals surface area (Å²) in [5.41, 5.74) is -1.70. The first-order chi connectivity index (χ1) is 40.4. The number of likely N-dealkylation sites (tertiary alicyclic amines) is 1. The normalized spacial score (nSPS) is 21.1. The number of sulfone groups is 1. The standard InChI is InChI=1S/C62H82ClF3N8O8S3/c1-60(2,3)82-59(76)74-36-34-73(35-37-74)52-23-28-71(29-24-52)45-61(4)25-21-55(46-11-15-49(63)16-12-46)48(42-61)43-70-30-32-72(33-31-70)51-17-13-47(14-18-51)58(75)68-85(79,80)54-19-20-56(57(41-54)84(77,78)62(64,65)66)67-50(44-83-53-9-6-5-7-10-53)22-27-69-26-8-39-81-40-38-69/h5-7,9-20,41,50,52,67H,8,21-40,42-45H2,1-4H3,(H,68,75)/t50-,61-/m1/s1. The number of piperidine rings is 1. The number of benzene rings is 4. The van der Waals surface area contributed by atoms with E-state index in [-0.39, 0.29) is 17.1 Å². The lowest BCUT2D eigenvalue weighted by molar-refractivity contribution is -0.0436. The van der Waals surface area contributed by atoms with Crippen LogP contribution in [-0.2, 0) is 29.3 Å². The number of halogens is 4. The van der Waals surface area contributed by atoms with E-state index in [0.29, 0.717) is 81.8 Å². The zero-order chi connectivity index (χ0) is 60.6. The van der Waals surface area contributed by atoms with Gasteiger partial charge in [-0.25, -0.2) is 26.4 Å². The summed E-state index contributed by atoms with van der Waals surface area (Å²) in [6.07, 6.45) is 6.29. The number of allylic oxidation sites excluding steroid dienone is 1. The molecule has 0 radical (unpaired) electrons. The molecule has 4 aromatic carbocycles. The Labute approximate surface area is 509 Å². The summed E-state index contributed by atoms with van der Waals surface area (Å²) in [5.74, 6) is -0.670. The van der Waals surface area contributed by atoms with Crippen LogP contribution in [0.1, 0.15) is 88.6 Å². The van der Waals surface area contributed by atoms with E-state index in [4.69, 9.17) is 21.1 Å². The monoisotopic (exact) mass is 1250 g/mol. The number of carbonyl (C=O) groups is 2. The first-order valence-corrected chi connectivity index (χ1v) is 34.0. The van der Waals surface area contributed by atoms with Gasteiger partial charge in [0, 0.05) is 131 Å². The molecule has 23 heteroatoms. The Morgan fingerprint density at radius 3 is 2.16 bits per heavy atom. The van der Waals surface area contributed by atoms with Crippen LogP contribution in [0.2, 0.25) is 5.02 Å². The van der Waals surface area contributed by atoms with E-state index in [0.717, 1.165) is 120 Å². The molecule has 0 spiro atoms. The van der Waals surface area contributed by atoms with Crippen molar-refractivity contribution in [2.45, 2.75) is 111 Å². The van der Waals surface area contributed by atoms with Crippen molar-refractivity contribution >= 4 is 72.2 Å². The summed E-state index contributed by atoms with van der Waals surface area (Å²) < 4.78 is 110. The lowest BCUT2D eigenvalue weighted by Gasteiger charge is -2.46. The zero-order valence-corrected chi connectivity index (χ0v) is 52.5. The highest BCUT2D eigenvalue weighted by Gasteiger charge is 2.49. The number of piperazine rings is 2. The van der Waals surface area contributed by atoms with Gasteiger partial charge in [-0.3, -0.25) is 14.6 Å². The lowest BCUT2D eigenvalue weighted by Crippen LogP contribution is -2.55. The lowest BCUT2D eigenvalue weighted by atomic mass is 9.71. The minimum absolute atomic E-state index is 0.0105. The van der Waals surface area contributed by atoms with Gasteiger partial charge in [0.2, 0.25) is 0 Å². The summed E-state index contributed by atoms with van der Waals surface area (Å²) in [4.78, 5) is 39.1. The van der Waals surface area contributed by atoms with E-state index in [1.54, 1.807) is 12.1 Å². The van der Waals surface area contributed by atoms with Crippen molar-refractivity contribution in [1.29, 1.82) is 0 Å². The Kier molecular flexibility index (Phi) is 21.3. The van der Waals surface area contributed by atoms with E-state index in [1.807, 2.05) is 72.9 Å². The van der Waals surface area contributed by atoms with Crippen LogP contribution < -0.4 is 14.9 Å². The fraction of sp³-hybridized carbons (Fsp3) is 0.548. The highest BCUT2D eigenvalue weighted by molar-refractivity contribution is 7.99. The van der Waals surface area contributed by atoms with E-state index < -0.39 is 58.4 Å². The van der Waals surface area contributed by atoms with Gasteiger partial charge in [0.25, 0.3) is 25.8 Å². The molecule has 5 aliphatic rings. The van der Waals surface area contributed by atoms with Gasteiger partial charge in [-0.1, -0.05) is 54.4 Å². The fourth-order valence-electron chi connectivity index (χ4n) is 12.3. The molecule has 4 aliphatic heterocycles. The number of nitrogens with zero attached hydrogens (tertiary/aromatic N) is 6. The van der Waals surface area contributed by atoms with Crippen molar-refractivity contribution in [3.63, 3.8) is 0 Å². The molecule has 464 valence electrons. The Morgan fingerprint density at radius 2 is 1.49 bits per heavy atom. The van der Waals surface area contributed by atoms with E-state index in [1.165, 1.54) is 40.6 Å². The molecule has 9 rings (SSSR count). The first-order valence-electron chi connectivity index (χ1n) is 29.7. The van der Waals surface area contributed by atoms with E-state index in [9.17, 15) is 39.6 Å². The molecule has 2 N–H and O–H groups in total. The molecule has 16 nitrogen and oxygen atoms in total. The number of hydrogen-bond acceptors (Lipinski definition) is 15. The van der Waals surface area contributed by atoms with Gasteiger partial charge in [0.05, 0.1) is 17.2 Å². The third kappa shape index (κ3) is 17.5. The van der Waals surface area contributed by atoms with Crippen molar-refractivity contribution in [3.8, 4) is 0 Å². The predicted octanol–water partition coefficient (Wildman–Crippen LogP) is 10.2. The van der Waals surface area contributed by atoms with Crippen LogP contribution in [0.15, 0.2) is 117 Å². The number of alkyl halides is 3. The minimum atomic E-state index is -6.08. The van der Waals surface area contributed by atoms with Gasteiger partial charge >= 0.3 is 11.6 Å². The van der Waals surface area contributed by atoms with Gasteiger partial charge in [0.15, 0.2) is 0 Å². The van der Waals surface area contributed by atoms with Crippen molar-refractivity contribution in [1.82, 2.24) is 29.2 Å². The Balaban J connectivity index is 0.806. The van der Waals surface area contributed by atoms with Gasteiger partial charge in [0.1, 0.15) is 10.5 Å². The molecule has 4 heterocycles. The van der Waals surface area contributed by atoms with Crippen molar-refractivity contribution < 1.29 is 49.1 Å². The van der Waals surface area contributed by atoms with Crippen molar-refractivity contribution in [2.75, 3.05) is 127 Å². The van der Waals surface area contributed by atoms with E-state index in [2.05, 4.69) is 48.9 Å². The number of sulfonamides is 1. The Bertz CT molecular complexity index is 3160. The molecule has 2 atom stereocenters. The van der Waals surface area contributed by atoms with Crippen molar-refractivity contribution in [3.05, 3.63) is 119 Å². The highest BCUT2D eigenvalue weighted by Crippen LogP contribution is 2.45. The van der Waals surface area contributed by atoms with Crippen LogP contribution in [0.5, 0.6) is 0 Å². The van der Waals surface area contributed by atoms with Crippen LogP contribution in [0, 0.1) is 5.41 Å². The maximum Gasteiger partial charge on any atom is 0.501 e. The summed E-state index contributed by atoms with van der Waals surface area (Å²) in [5, 5.41) is 3.73. The molecule has 4 aromatic rings. The molecule has 2 amide bonds. The second-order valence-corrected chi connectivity index (χ2v) is 29.6. The second-order valence-electron chi connectivity index (χ2n) is 24.5. The minimum Gasteiger partial charge on any atom is -0.444 e. The summed E-state index contributed by atoms with van der Waals surface area (Å²) >= 11 is 7.82. The third-order valence-electron chi connectivity index (χ3n) is 16.9. The van der Waals surface area contributed by atoms with Gasteiger partial charge in [-0.15, -0.1) is 11.8 Å². The molecule has 0 unspecified atom stereocenters. The number of carbonyl (C=O) groups excluding carboxylic acids is 2. The molecule has 4 fully saturated rings. The zero-order valence-electron chi connectivity index (χ0n) is 49.3. The molecular weight excluding hydrogens is 1170 g/mol. The maximum absolute atomic E-state index is 14.4. The van der Waals surface area contributed by atoms with Crippen LogP contribution in [0.25, 0.3) is 5.57 Å². The van der Waals surface area contributed by atoms with Crippen LogP contribution in [0.4, 0.5) is 29.3 Å². The van der Waals surface area contributed by atoms with Gasteiger partial charge in [-0.2, -0.15) is 13.2 Å². The number of amides is 2. The summed E-state index contributed by atoms with van der Waals surface area (Å²) in [6.45, 7) is 21.4. The van der Waals surface area contributed by atoms with Gasteiger partial charge in [-0.05, 0) is 162 Å². The topological polar surface area (TPSA) is 164 Å². The SMILES string of the molecule is CC(C)(C)OC(=O)N1CCN(C2CCN(C[C@]3(C)CCC(c4ccc(Cl)cc4)=C(CN4CCN(c5ccc(C(=O)NS(=O)(=O)c6ccc(N[C@H](CCN7CCCOCC7)CSc7ccccc7)c(S(=O)(=O)C(F)(F)F)c6)cc5)CC4)C3)CC2)CC1. The van der Waals surface area contributed by atoms with E-state index >= 15 is 0 Å². The van der Waals surface area contributed by atoms with Crippen molar-refractivity contribution in [2.24, 2.45) is 5.41 Å². The first kappa shape index (κ1) is 64.6. The number of ether oxygens (including phenoxy) is 2. The Morgan fingerprint density at radius 1 is 0.800 bits per heavy atom.